The summed E-state index contributed by atoms with van der Waals surface area (Å²) in [6.45, 7) is 1.93. The number of ether oxygens (including phenoxy) is 1. The van der Waals surface area contributed by atoms with Crippen molar-refractivity contribution in [3.05, 3.63) is 71.9 Å². The molecule has 1 heterocycles. The number of nitrogens with one attached hydrogen (secondary N) is 2. The fraction of sp³-hybridized carbons (Fsp3) is 0.174. The summed E-state index contributed by atoms with van der Waals surface area (Å²) in [5.41, 5.74) is 3.32. The average molecular weight is 403 g/mol. The molecule has 0 radical (unpaired) electrons. The third kappa shape index (κ3) is 5.81. The maximum Gasteiger partial charge on any atom is 0.248 e. The molecule has 2 aromatic carbocycles. The molecule has 0 unspecified atom stereocenters. The van der Waals surface area contributed by atoms with Crippen molar-refractivity contribution < 1.29 is 9.53 Å². The standard InChI is InChI=1S/C23H25N5O2/c1-16-15-21(28(2)3)27-23(24-16)26-19-10-8-18(9-11-19)25-22(29)14-7-17-5-12-20(30-4)13-6-17/h5-15H,1-4H3,(H,25,29)(H,24,26,27)/b14-7+. The first-order chi connectivity index (χ1) is 14.4. The number of aryl methyl sites for hydroxylation is 1. The largest absolute Gasteiger partial charge is 0.497 e. The first-order valence-corrected chi connectivity index (χ1v) is 9.46. The first-order valence-electron chi connectivity index (χ1n) is 9.46. The lowest BCUT2D eigenvalue weighted by molar-refractivity contribution is -0.111. The van der Waals surface area contributed by atoms with Crippen molar-refractivity contribution in [3.63, 3.8) is 0 Å². The average Bonchev–Trinajstić information content (AvgIpc) is 2.73. The van der Waals surface area contributed by atoms with Gasteiger partial charge in [-0.25, -0.2) is 4.98 Å². The molecular formula is C23H25N5O2. The van der Waals surface area contributed by atoms with Crippen LogP contribution in [-0.2, 0) is 4.79 Å². The first kappa shape index (κ1) is 20.9. The summed E-state index contributed by atoms with van der Waals surface area (Å²) < 4.78 is 5.12. The van der Waals surface area contributed by atoms with Crippen LogP contribution in [0.25, 0.3) is 6.08 Å². The van der Waals surface area contributed by atoms with Gasteiger partial charge in [0.1, 0.15) is 11.6 Å². The van der Waals surface area contributed by atoms with Gasteiger partial charge in [-0.3, -0.25) is 4.79 Å². The summed E-state index contributed by atoms with van der Waals surface area (Å²) in [5, 5.41) is 6.03. The molecule has 0 saturated heterocycles. The van der Waals surface area contributed by atoms with Crippen molar-refractivity contribution in [2.24, 2.45) is 0 Å². The Morgan fingerprint density at radius 1 is 1.00 bits per heavy atom. The molecule has 0 spiro atoms. The van der Waals surface area contributed by atoms with Crippen molar-refractivity contribution in [1.82, 2.24) is 9.97 Å². The highest BCUT2D eigenvalue weighted by Crippen LogP contribution is 2.19. The molecule has 154 valence electrons. The van der Waals surface area contributed by atoms with E-state index in [0.29, 0.717) is 11.6 Å². The van der Waals surface area contributed by atoms with Crippen molar-refractivity contribution in [2.45, 2.75) is 6.92 Å². The maximum absolute atomic E-state index is 12.2. The van der Waals surface area contributed by atoms with Crippen LogP contribution in [-0.4, -0.2) is 37.1 Å². The number of aromatic nitrogens is 2. The number of nitrogens with zero attached hydrogens (tertiary/aromatic N) is 3. The summed E-state index contributed by atoms with van der Waals surface area (Å²) in [6.07, 6.45) is 3.25. The summed E-state index contributed by atoms with van der Waals surface area (Å²) in [4.78, 5) is 23.0. The van der Waals surface area contributed by atoms with E-state index in [4.69, 9.17) is 4.74 Å². The number of amides is 1. The van der Waals surface area contributed by atoms with Gasteiger partial charge < -0.3 is 20.3 Å². The fourth-order valence-electron chi connectivity index (χ4n) is 2.67. The van der Waals surface area contributed by atoms with Crippen molar-refractivity contribution in [1.29, 1.82) is 0 Å². The molecule has 0 atom stereocenters. The predicted molar refractivity (Wildman–Crippen MR) is 121 cm³/mol. The monoisotopic (exact) mass is 403 g/mol. The van der Waals surface area contributed by atoms with Crippen LogP contribution in [0.2, 0.25) is 0 Å². The van der Waals surface area contributed by atoms with Gasteiger partial charge in [-0.05, 0) is 55.0 Å². The molecule has 0 aliphatic carbocycles. The van der Waals surface area contributed by atoms with Gasteiger partial charge in [0.15, 0.2) is 0 Å². The minimum absolute atomic E-state index is 0.204. The molecular weight excluding hydrogens is 378 g/mol. The van der Waals surface area contributed by atoms with Gasteiger partial charge >= 0.3 is 0 Å². The topological polar surface area (TPSA) is 79.4 Å². The quantitative estimate of drug-likeness (QED) is 0.574. The molecule has 1 amide bonds. The van der Waals surface area contributed by atoms with Gasteiger partial charge in [0.05, 0.1) is 7.11 Å². The highest BCUT2D eigenvalue weighted by Gasteiger charge is 2.05. The van der Waals surface area contributed by atoms with E-state index in [1.807, 2.05) is 80.5 Å². The number of rotatable bonds is 7. The minimum atomic E-state index is -0.204. The molecule has 7 heteroatoms. The van der Waals surface area contributed by atoms with Crippen LogP contribution in [0, 0.1) is 6.92 Å². The van der Waals surface area contributed by atoms with E-state index in [1.165, 1.54) is 6.08 Å². The summed E-state index contributed by atoms with van der Waals surface area (Å²) in [5.74, 6) is 1.93. The molecule has 0 aliphatic rings. The molecule has 3 rings (SSSR count). The third-order valence-corrected chi connectivity index (χ3v) is 4.25. The number of carbonyl (C=O) groups is 1. The zero-order chi connectivity index (χ0) is 21.5. The summed E-state index contributed by atoms with van der Waals surface area (Å²) >= 11 is 0. The molecule has 1 aromatic heterocycles. The molecule has 3 aromatic rings. The Labute approximate surface area is 176 Å². The second kappa shape index (κ2) is 9.56. The van der Waals surface area contributed by atoms with Crippen LogP contribution >= 0.6 is 0 Å². The van der Waals surface area contributed by atoms with Crippen LogP contribution in [0.4, 0.5) is 23.1 Å². The maximum atomic E-state index is 12.2. The molecule has 0 saturated carbocycles. The third-order valence-electron chi connectivity index (χ3n) is 4.25. The molecule has 7 nitrogen and oxygen atoms in total. The van der Waals surface area contributed by atoms with Gasteiger partial charge in [-0.15, -0.1) is 0 Å². The van der Waals surface area contributed by atoms with Gasteiger partial charge in [0.25, 0.3) is 0 Å². The zero-order valence-electron chi connectivity index (χ0n) is 17.5. The highest BCUT2D eigenvalue weighted by molar-refractivity contribution is 6.02. The van der Waals surface area contributed by atoms with Crippen LogP contribution in [0.3, 0.4) is 0 Å². The summed E-state index contributed by atoms with van der Waals surface area (Å²) in [7, 11) is 5.49. The normalized spacial score (nSPS) is 10.7. The lowest BCUT2D eigenvalue weighted by Gasteiger charge is -2.14. The minimum Gasteiger partial charge on any atom is -0.497 e. The van der Waals surface area contributed by atoms with Crippen molar-refractivity contribution >= 4 is 35.1 Å². The van der Waals surface area contributed by atoms with Crippen LogP contribution in [0.1, 0.15) is 11.3 Å². The van der Waals surface area contributed by atoms with E-state index in [-0.39, 0.29) is 5.91 Å². The van der Waals surface area contributed by atoms with Gasteiger partial charge in [-0.1, -0.05) is 12.1 Å². The second-order valence-corrected chi connectivity index (χ2v) is 6.88. The SMILES string of the molecule is COc1ccc(/C=C/C(=O)Nc2ccc(Nc3nc(C)cc(N(C)C)n3)cc2)cc1. The molecule has 30 heavy (non-hydrogen) atoms. The number of methoxy groups -OCH3 is 1. The van der Waals surface area contributed by atoms with Gasteiger partial charge in [0, 0.05) is 43.3 Å². The van der Waals surface area contributed by atoms with Crippen molar-refractivity contribution in [3.8, 4) is 5.75 Å². The van der Waals surface area contributed by atoms with E-state index in [1.54, 1.807) is 13.2 Å². The van der Waals surface area contributed by atoms with Crippen molar-refractivity contribution in [2.75, 3.05) is 36.7 Å². The zero-order valence-corrected chi connectivity index (χ0v) is 17.5. The number of carbonyl (C=O) groups excluding carboxylic acids is 1. The number of benzene rings is 2. The van der Waals surface area contributed by atoms with E-state index in [9.17, 15) is 4.79 Å². The molecule has 0 bridgehead atoms. The Morgan fingerprint density at radius 2 is 1.67 bits per heavy atom. The Bertz CT molecular complexity index is 1030. The molecule has 0 fully saturated rings. The lowest BCUT2D eigenvalue weighted by Crippen LogP contribution is -2.12. The lowest BCUT2D eigenvalue weighted by atomic mass is 10.2. The Hall–Kier alpha value is -3.87. The van der Waals surface area contributed by atoms with E-state index < -0.39 is 0 Å². The molecule has 2 N–H and O–H groups in total. The van der Waals surface area contributed by atoms with Gasteiger partial charge in [-0.2, -0.15) is 4.98 Å². The Morgan fingerprint density at radius 3 is 2.30 bits per heavy atom. The van der Waals surface area contributed by atoms with E-state index in [0.717, 1.165) is 28.5 Å². The van der Waals surface area contributed by atoms with Crippen LogP contribution < -0.4 is 20.3 Å². The predicted octanol–water partition coefficient (Wildman–Crippen LogP) is 4.26. The smallest absolute Gasteiger partial charge is 0.248 e. The van der Waals surface area contributed by atoms with Gasteiger partial charge in [0.2, 0.25) is 11.9 Å². The van der Waals surface area contributed by atoms with E-state index >= 15 is 0 Å². The Kier molecular flexibility index (Phi) is 6.64. The summed E-state index contributed by atoms with van der Waals surface area (Å²) in [6, 6.07) is 16.8. The number of hydrogen-bond acceptors (Lipinski definition) is 6. The fourth-order valence-corrected chi connectivity index (χ4v) is 2.67. The number of anilines is 4. The van der Waals surface area contributed by atoms with E-state index in [2.05, 4.69) is 20.6 Å². The number of hydrogen-bond donors (Lipinski definition) is 2. The second-order valence-electron chi connectivity index (χ2n) is 6.88. The van der Waals surface area contributed by atoms with Crippen LogP contribution in [0.5, 0.6) is 5.75 Å². The highest BCUT2D eigenvalue weighted by atomic mass is 16.5. The van der Waals surface area contributed by atoms with Crippen LogP contribution in [0.15, 0.2) is 60.7 Å². The molecule has 0 aliphatic heterocycles. The Balaban J connectivity index is 1.60.